The Bertz CT molecular complexity index is 298. The zero-order valence-electron chi connectivity index (χ0n) is 15.4. The number of nitrogens with zero attached hydrogens (tertiary/aromatic N) is 2. The average Bonchev–Trinajstić information content (AvgIpc) is 2.31. The van der Waals surface area contributed by atoms with Crippen LogP contribution in [0.25, 0.3) is 0 Å². The molecule has 0 heterocycles. The van der Waals surface area contributed by atoms with Gasteiger partial charge in [-0.25, -0.2) is 0 Å². The van der Waals surface area contributed by atoms with Crippen LogP contribution in [-0.2, 0) is 4.79 Å². The number of carbonyl (C=O) groups is 1. The second-order valence-corrected chi connectivity index (χ2v) is 9.07. The second-order valence-electron chi connectivity index (χ2n) is 7.79. The van der Waals surface area contributed by atoms with Crippen LogP contribution in [0.2, 0.25) is 0 Å². The Balaban J connectivity index is 4.59. The summed E-state index contributed by atoms with van der Waals surface area (Å²) in [6, 6.07) is 0. The summed E-state index contributed by atoms with van der Waals surface area (Å²) in [6.45, 7) is 15.8. The van der Waals surface area contributed by atoms with Gasteiger partial charge in [0.1, 0.15) is 0 Å². The van der Waals surface area contributed by atoms with Crippen molar-refractivity contribution in [1.29, 1.82) is 0 Å². The van der Waals surface area contributed by atoms with Crippen LogP contribution in [0.5, 0.6) is 0 Å². The molecule has 126 valence electrons. The maximum absolute atomic E-state index is 12.5. The van der Waals surface area contributed by atoms with Gasteiger partial charge < -0.3 is 9.80 Å². The van der Waals surface area contributed by atoms with E-state index in [1.54, 1.807) is 0 Å². The third-order valence-corrected chi connectivity index (χ3v) is 4.86. The molecule has 3 nitrogen and oxygen atoms in total. The first-order chi connectivity index (χ1) is 9.55. The Morgan fingerprint density at radius 1 is 1.14 bits per heavy atom. The molecule has 0 aliphatic rings. The van der Waals surface area contributed by atoms with Gasteiger partial charge >= 0.3 is 0 Å². The highest BCUT2D eigenvalue weighted by atomic mass is 32.2. The summed E-state index contributed by atoms with van der Waals surface area (Å²) < 4.78 is 0. The smallest absolute Gasteiger partial charge is 0.223 e. The molecule has 0 rings (SSSR count). The summed E-state index contributed by atoms with van der Waals surface area (Å²) in [6.07, 6.45) is 0.652. The Kier molecular flexibility index (Phi) is 9.63. The SMILES string of the molecule is CCN(CC(C)C)C(=O)CC(CN(C)C)SCC(C)(C)C. The number of amides is 1. The Hall–Kier alpha value is -0.220. The minimum absolute atomic E-state index is 0.305. The molecule has 0 aliphatic carbocycles. The van der Waals surface area contributed by atoms with Gasteiger partial charge in [0.2, 0.25) is 5.91 Å². The molecule has 4 heteroatoms. The van der Waals surface area contributed by atoms with E-state index in [1.807, 2.05) is 16.7 Å². The first-order valence-corrected chi connectivity index (χ1v) is 9.14. The fourth-order valence-electron chi connectivity index (χ4n) is 2.12. The van der Waals surface area contributed by atoms with Crippen molar-refractivity contribution >= 4 is 17.7 Å². The predicted octanol–water partition coefficient (Wildman–Crippen LogP) is 3.59. The molecule has 1 unspecified atom stereocenters. The first-order valence-electron chi connectivity index (χ1n) is 8.09. The van der Waals surface area contributed by atoms with Crippen LogP contribution in [0.4, 0.5) is 0 Å². The lowest BCUT2D eigenvalue weighted by atomic mass is 10.0. The standard InChI is InChI=1S/C17H36N2OS/c1-9-19(11-14(2)3)16(20)10-15(12-18(7)8)21-13-17(4,5)6/h14-15H,9-13H2,1-8H3. The van der Waals surface area contributed by atoms with E-state index in [0.29, 0.717) is 28.9 Å². The van der Waals surface area contributed by atoms with Crippen molar-refractivity contribution < 1.29 is 4.79 Å². The van der Waals surface area contributed by atoms with Crippen molar-refractivity contribution in [2.24, 2.45) is 11.3 Å². The van der Waals surface area contributed by atoms with Gasteiger partial charge in [-0.3, -0.25) is 4.79 Å². The van der Waals surface area contributed by atoms with Crippen LogP contribution in [-0.4, -0.2) is 60.4 Å². The van der Waals surface area contributed by atoms with Crippen LogP contribution >= 0.6 is 11.8 Å². The highest BCUT2D eigenvalue weighted by Crippen LogP contribution is 2.26. The summed E-state index contributed by atoms with van der Waals surface area (Å²) in [5, 5.41) is 0.382. The third kappa shape index (κ3) is 11.1. The number of hydrogen-bond acceptors (Lipinski definition) is 3. The quantitative estimate of drug-likeness (QED) is 0.649. The molecule has 0 aromatic carbocycles. The molecule has 21 heavy (non-hydrogen) atoms. The normalized spacial score (nSPS) is 13.8. The molecule has 0 saturated carbocycles. The monoisotopic (exact) mass is 316 g/mol. The molecule has 0 spiro atoms. The molecular weight excluding hydrogens is 280 g/mol. The van der Waals surface area contributed by atoms with Gasteiger partial charge in [0.25, 0.3) is 0 Å². The van der Waals surface area contributed by atoms with Crippen molar-refractivity contribution in [2.75, 3.05) is 39.5 Å². The van der Waals surface area contributed by atoms with Gasteiger partial charge in [-0.2, -0.15) is 11.8 Å². The summed E-state index contributed by atoms with van der Waals surface area (Å²) in [7, 11) is 4.17. The van der Waals surface area contributed by atoms with Crippen LogP contribution < -0.4 is 0 Å². The number of carbonyl (C=O) groups excluding carboxylic acids is 1. The molecular formula is C17H36N2OS. The van der Waals surface area contributed by atoms with Crippen LogP contribution in [0, 0.1) is 11.3 Å². The molecule has 0 aromatic rings. The van der Waals surface area contributed by atoms with Gasteiger partial charge in [0.15, 0.2) is 0 Å². The van der Waals surface area contributed by atoms with E-state index in [-0.39, 0.29) is 0 Å². The Morgan fingerprint density at radius 3 is 2.10 bits per heavy atom. The maximum Gasteiger partial charge on any atom is 0.223 e. The molecule has 0 saturated heterocycles. The number of thioether (sulfide) groups is 1. The fraction of sp³-hybridized carbons (Fsp3) is 0.941. The topological polar surface area (TPSA) is 23.6 Å². The van der Waals surface area contributed by atoms with E-state index in [4.69, 9.17) is 0 Å². The molecule has 0 aliphatic heterocycles. The molecule has 1 atom stereocenters. The molecule has 0 radical (unpaired) electrons. The zero-order valence-corrected chi connectivity index (χ0v) is 16.2. The lowest BCUT2D eigenvalue weighted by Gasteiger charge is -2.28. The number of rotatable bonds is 9. The van der Waals surface area contributed by atoms with Crippen molar-refractivity contribution in [3.05, 3.63) is 0 Å². The molecule has 0 fully saturated rings. The molecule has 0 bridgehead atoms. The van der Waals surface area contributed by atoms with E-state index in [1.165, 1.54) is 0 Å². The first kappa shape index (κ1) is 20.8. The van der Waals surface area contributed by atoms with Gasteiger partial charge in [0.05, 0.1) is 0 Å². The Morgan fingerprint density at radius 2 is 1.71 bits per heavy atom. The average molecular weight is 317 g/mol. The number of hydrogen-bond donors (Lipinski definition) is 0. The molecule has 1 amide bonds. The van der Waals surface area contributed by atoms with E-state index in [0.717, 1.165) is 25.4 Å². The maximum atomic E-state index is 12.5. The largest absolute Gasteiger partial charge is 0.343 e. The molecule has 0 aromatic heterocycles. The highest BCUT2D eigenvalue weighted by Gasteiger charge is 2.22. The summed E-state index contributed by atoms with van der Waals surface area (Å²) >= 11 is 1.94. The summed E-state index contributed by atoms with van der Waals surface area (Å²) in [5.41, 5.74) is 0.306. The predicted molar refractivity (Wildman–Crippen MR) is 96.0 cm³/mol. The van der Waals surface area contributed by atoms with E-state index < -0.39 is 0 Å². The van der Waals surface area contributed by atoms with Gasteiger partial charge in [0, 0.05) is 31.3 Å². The minimum Gasteiger partial charge on any atom is -0.343 e. The zero-order chi connectivity index (χ0) is 16.6. The van der Waals surface area contributed by atoms with Crippen molar-refractivity contribution in [1.82, 2.24) is 9.80 Å². The summed E-state index contributed by atoms with van der Waals surface area (Å²) in [5.74, 6) is 1.93. The van der Waals surface area contributed by atoms with Crippen molar-refractivity contribution in [3.8, 4) is 0 Å². The summed E-state index contributed by atoms with van der Waals surface area (Å²) in [4.78, 5) is 16.7. The van der Waals surface area contributed by atoms with Gasteiger partial charge in [-0.05, 0) is 38.1 Å². The third-order valence-electron chi connectivity index (χ3n) is 3.04. The van der Waals surface area contributed by atoms with Crippen molar-refractivity contribution in [3.63, 3.8) is 0 Å². The van der Waals surface area contributed by atoms with Crippen LogP contribution in [0.15, 0.2) is 0 Å². The van der Waals surface area contributed by atoms with Crippen LogP contribution in [0.3, 0.4) is 0 Å². The molecule has 0 N–H and O–H groups in total. The van der Waals surface area contributed by atoms with Gasteiger partial charge in [-0.15, -0.1) is 0 Å². The van der Waals surface area contributed by atoms with E-state index >= 15 is 0 Å². The Labute approximate surface area is 136 Å². The highest BCUT2D eigenvalue weighted by molar-refractivity contribution is 8.00. The second kappa shape index (κ2) is 9.73. The van der Waals surface area contributed by atoms with E-state index in [2.05, 4.69) is 60.5 Å². The lowest BCUT2D eigenvalue weighted by Crippen LogP contribution is -2.37. The van der Waals surface area contributed by atoms with Crippen molar-refractivity contribution in [2.45, 2.75) is 53.2 Å². The van der Waals surface area contributed by atoms with Crippen LogP contribution in [0.1, 0.15) is 48.0 Å². The minimum atomic E-state index is 0.305. The van der Waals surface area contributed by atoms with Gasteiger partial charge in [-0.1, -0.05) is 34.6 Å². The van der Waals surface area contributed by atoms with E-state index in [9.17, 15) is 4.79 Å². The fourth-order valence-corrected chi connectivity index (χ4v) is 3.52. The lowest BCUT2D eigenvalue weighted by molar-refractivity contribution is -0.131.